The van der Waals surface area contributed by atoms with Gasteiger partial charge in [0.2, 0.25) is 5.91 Å². The smallest absolute Gasteiger partial charge is 0.223 e. The summed E-state index contributed by atoms with van der Waals surface area (Å²) in [5.41, 5.74) is 0.148. The number of hydrogen-bond donors (Lipinski definition) is 3. The first kappa shape index (κ1) is 19.7. The first-order valence-corrected chi connectivity index (χ1v) is 8.86. The molecule has 0 saturated heterocycles. The van der Waals surface area contributed by atoms with Crippen LogP contribution in [0.2, 0.25) is 0 Å². The van der Waals surface area contributed by atoms with Crippen LogP contribution in [0.3, 0.4) is 0 Å². The van der Waals surface area contributed by atoms with E-state index >= 15 is 0 Å². The normalized spacial score (nSPS) is 17.7. The molecule has 3 N–H and O–H groups in total. The molecule has 0 aromatic heterocycles. The van der Waals surface area contributed by atoms with Gasteiger partial charge in [-0.1, -0.05) is 19.3 Å². The number of nitrogens with zero attached hydrogens (tertiary/aromatic N) is 2. The zero-order valence-corrected chi connectivity index (χ0v) is 15.0. The number of aliphatic imine (C=N–C) groups is 1. The van der Waals surface area contributed by atoms with Gasteiger partial charge in [0.1, 0.15) is 0 Å². The van der Waals surface area contributed by atoms with Gasteiger partial charge >= 0.3 is 0 Å². The number of hydrogen-bond acceptors (Lipinski definition) is 3. The lowest BCUT2D eigenvalue weighted by Crippen LogP contribution is -2.40. The Labute approximate surface area is 140 Å². The van der Waals surface area contributed by atoms with Crippen LogP contribution < -0.4 is 10.6 Å². The molecular formula is C17H34N4O2. The number of nitrogens with one attached hydrogen (secondary N) is 2. The summed E-state index contributed by atoms with van der Waals surface area (Å²) in [6.45, 7) is 4.38. The first-order chi connectivity index (χ1) is 11.0. The zero-order valence-electron chi connectivity index (χ0n) is 15.0. The third-order valence-electron chi connectivity index (χ3n) is 4.60. The molecule has 1 rings (SSSR count). The maximum absolute atomic E-state index is 11.6. The van der Waals surface area contributed by atoms with Crippen LogP contribution in [-0.4, -0.2) is 62.2 Å². The van der Waals surface area contributed by atoms with E-state index in [2.05, 4.69) is 10.6 Å². The van der Waals surface area contributed by atoms with Crippen LogP contribution in [-0.2, 0) is 4.79 Å². The summed E-state index contributed by atoms with van der Waals surface area (Å²) in [5, 5.41) is 15.9. The molecule has 6 nitrogen and oxygen atoms in total. The van der Waals surface area contributed by atoms with E-state index < -0.39 is 0 Å². The van der Waals surface area contributed by atoms with Crippen molar-refractivity contribution >= 4 is 11.9 Å². The average molecular weight is 326 g/mol. The van der Waals surface area contributed by atoms with E-state index in [9.17, 15) is 9.90 Å². The van der Waals surface area contributed by atoms with E-state index in [0.29, 0.717) is 13.0 Å². The minimum Gasteiger partial charge on any atom is -0.396 e. The Morgan fingerprint density at radius 1 is 1.22 bits per heavy atom. The van der Waals surface area contributed by atoms with Gasteiger partial charge in [0.25, 0.3) is 0 Å². The predicted molar refractivity (Wildman–Crippen MR) is 94.5 cm³/mol. The summed E-state index contributed by atoms with van der Waals surface area (Å²) in [6.07, 6.45) is 7.34. The van der Waals surface area contributed by atoms with Gasteiger partial charge in [0.05, 0.1) is 0 Å². The van der Waals surface area contributed by atoms with Crippen molar-refractivity contribution in [2.24, 2.45) is 10.4 Å². The Bertz CT molecular complexity index is 371. The summed E-state index contributed by atoms with van der Waals surface area (Å²) >= 11 is 0. The van der Waals surface area contributed by atoms with E-state index in [1.807, 2.05) is 6.92 Å². The lowest BCUT2D eigenvalue weighted by atomic mass is 9.72. The monoisotopic (exact) mass is 326 g/mol. The topological polar surface area (TPSA) is 77.0 Å². The van der Waals surface area contributed by atoms with E-state index in [1.54, 1.807) is 19.0 Å². The van der Waals surface area contributed by atoms with Crippen LogP contribution in [0.4, 0.5) is 0 Å². The van der Waals surface area contributed by atoms with Crippen molar-refractivity contribution in [2.45, 2.75) is 51.9 Å². The SMILES string of the molecule is CCNC(=NCC1(CCO)CCCCC1)NCCC(=O)N(C)C. The van der Waals surface area contributed by atoms with Crippen molar-refractivity contribution in [3.63, 3.8) is 0 Å². The number of aliphatic hydroxyl groups excluding tert-OH is 1. The maximum atomic E-state index is 11.6. The molecule has 134 valence electrons. The van der Waals surface area contributed by atoms with Crippen molar-refractivity contribution in [1.82, 2.24) is 15.5 Å². The van der Waals surface area contributed by atoms with Crippen molar-refractivity contribution < 1.29 is 9.90 Å². The van der Waals surface area contributed by atoms with Crippen molar-refractivity contribution in [2.75, 3.05) is 40.3 Å². The molecule has 1 aliphatic rings. The lowest BCUT2D eigenvalue weighted by Gasteiger charge is -2.35. The van der Waals surface area contributed by atoms with Crippen LogP contribution >= 0.6 is 0 Å². The number of carbonyl (C=O) groups is 1. The van der Waals surface area contributed by atoms with Gasteiger partial charge in [-0.25, -0.2) is 0 Å². The fourth-order valence-electron chi connectivity index (χ4n) is 3.13. The third kappa shape index (κ3) is 7.20. The lowest BCUT2D eigenvalue weighted by molar-refractivity contribution is -0.128. The fourth-order valence-corrected chi connectivity index (χ4v) is 3.13. The average Bonchev–Trinajstić information content (AvgIpc) is 2.53. The molecule has 0 aliphatic heterocycles. The maximum Gasteiger partial charge on any atom is 0.223 e. The van der Waals surface area contributed by atoms with E-state index in [-0.39, 0.29) is 17.9 Å². The highest BCUT2D eigenvalue weighted by Gasteiger charge is 2.31. The van der Waals surface area contributed by atoms with E-state index in [0.717, 1.165) is 38.3 Å². The summed E-state index contributed by atoms with van der Waals surface area (Å²) in [7, 11) is 3.53. The van der Waals surface area contributed by atoms with Gasteiger partial charge in [-0.2, -0.15) is 0 Å². The third-order valence-corrected chi connectivity index (χ3v) is 4.60. The van der Waals surface area contributed by atoms with E-state index in [1.165, 1.54) is 19.3 Å². The van der Waals surface area contributed by atoms with Crippen LogP contribution in [0.5, 0.6) is 0 Å². The largest absolute Gasteiger partial charge is 0.396 e. The fraction of sp³-hybridized carbons (Fsp3) is 0.882. The van der Waals surface area contributed by atoms with Gasteiger partial charge in [-0.15, -0.1) is 0 Å². The minimum absolute atomic E-state index is 0.109. The number of guanidine groups is 1. The van der Waals surface area contributed by atoms with Crippen LogP contribution in [0, 0.1) is 5.41 Å². The molecule has 1 aliphatic carbocycles. The molecule has 23 heavy (non-hydrogen) atoms. The van der Waals surface area contributed by atoms with Gasteiger partial charge in [-0.05, 0) is 31.6 Å². The molecule has 0 aromatic carbocycles. The number of carbonyl (C=O) groups excluding carboxylic acids is 1. The highest BCUT2D eigenvalue weighted by molar-refractivity contribution is 5.81. The molecule has 1 fully saturated rings. The molecule has 0 unspecified atom stereocenters. The second-order valence-corrected chi connectivity index (χ2v) is 6.69. The summed E-state index contributed by atoms with van der Waals surface area (Å²) < 4.78 is 0. The van der Waals surface area contributed by atoms with Crippen LogP contribution in [0.15, 0.2) is 4.99 Å². The first-order valence-electron chi connectivity index (χ1n) is 8.86. The van der Waals surface area contributed by atoms with Crippen LogP contribution in [0.1, 0.15) is 51.9 Å². The summed E-state index contributed by atoms with van der Waals surface area (Å²) in [6, 6.07) is 0. The molecule has 1 saturated carbocycles. The molecule has 0 radical (unpaired) electrons. The van der Waals surface area contributed by atoms with Gasteiger partial charge in [0, 0.05) is 46.8 Å². The second-order valence-electron chi connectivity index (χ2n) is 6.69. The van der Waals surface area contributed by atoms with Gasteiger partial charge in [0.15, 0.2) is 5.96 Å². The molecule has 1 amide bonds. The Morgan fingerprint density at radius 3 is 2.48 bits per heavy atom. The second kappa shape index (κ2) is 10.5. The number of amides is 1. The molecule has 0 aromatic rings. The molecular weight excluding hydrogens is 292 g/mol. The summed E-state index contributed by atoms with van der Waals surface area (Å²) in [4.78, 5) is 18.0. The summed E-state index contributed by atoms with van der Waals surface area (Å²) in [5.74, 6) is 0.874. The van der Waals surface area contributed by atoms with Crippen molar-refractivity contribution in [1.29, 1.82) is 0 Å². The zero-order chi connectivity index (χ0) is 17.1. The predicted octanol–water partition coefficient (Wildman–Crippen LogP) is 1.35. The molecule has 0 bridgehead atoms. The van der Waals surface area contributed by atoms with E-state index in [4.69, 9.17) is 4.99 Å². The Hall–Kier alpha value is -1.30. The Kier molecular flexibility index (Phi) is 8.99. The number of rotatable bonds is 8. The van der Waals surface area contributed by atoms with Crippen LogP contribution in [0.25, 0.3) is 0 Å². The van der Waals surface area contributed by atoms with Crippen molar-refractivity contribution in [3.05, 3.63) is 0 Å². The molecule has 6 heteroatoms. The molecule has 0 atom stereocenters. The highest BCUT2D eigenvalue weighted by atomic mass is 16.3. The standard InChI is InChI=1S/C17H34N4O2/c1-4-18-16(19-12-8-15(23)21(2)3)20-14-17(11-13-22)9-6-5-7-10-17/h22H,4-14H2,1-3H3,(H2,18,19,20). The Morgan fingerprint density at radius 2 is 1.91 bits per heavy atom. The number of aliphatic hydroxyl groups is 1. The van der Waals surface area contributed by atoms with Gasteiger partial charge in [-0.3, -0.25) is 9.79 Å². The van der Waals surface area contributed by atoms with Crippen molar-refractivity contribution in [3.8, 4) is 0 Å². The molecule has 0 spiro atoms. The quantitative estimate of drug-likeness (QED) is 0.465. The minimum atomic E-state index is 0.109. The van der Waals surface area contributed by atoms with Gasteiger partial charge < -0.3 is 20.6 Å². The Balaban J connectivity index is 2.56. The molecule has 0 heterocycles. The highest BCUT2D eigenvalue weighted by Crippen LogP contribution is 2.39.